The van der Waals surface area contributed by atoms with Gasteiger partial charge in [0, 0.05) is 43.7 Å². The zero-order valence-corrected chi connectivity index (χ0v) is 22.3. The first kappa shape index (κ1) is 26.6. The largest absolute Gasteiger partial charge is 0.359 e. The maximum absolute atomic E-state index is 5.53. The van der Waals surface area contributed by atoms with Crippen LogP contribution in [0, 0.1) is 0 Å². The number of aromatic nitrogens is 1. The van der Waals surface area contributed by atoms with E-state index in [1.165, 1.54) is 5.56 Å². The Balaban J connectivity index is 0.00000363. The molecule has 1 aliphatic heterocycles. The van der Waals surface area contributed by atoms with Crippen molar-refractivity contribution in [3.05, 3.63) is 53.4 Å². The van der Waals surface area contributed by atoms with Crippen molar-refractivity contribution in [3.63, 3.8) is 0 Å². The first-order chi connectivity index (χ1) is 15.1. The third-order valence-corrected chi connectivity index (χ3v) is 6.42. The van der Waals surface area contributed by atoms with Crippen LogP contribution in [0.3, 0.4) is 0 Å². The summed E-state index contributed by atoms with van der Waals surface area (Å²) in [6.07, 6.45) is 4.39. The average Bonchev–Trinajstić information content (AvgIpc) is 3.28. The minimum absolute atomic E-state index is 0. The Hall–Kier alpha value is -1.61. The summed E-state index contributed by atoms with van der Waals surface area (Å²) in [6, 6.07) is 13.7. The predicted octanol–water partition coefficient (Wildman–Crippen LogP) is 5.48. The number of hydrogen-bond donors (Lipinski definition) is 2. The summed E-state index contributed by atoms with van der Waals surface area (Å²) in [7, 11) is 0. The van der Waals surface area contributed by atoms with Crippen LogP contribution in [0.4, 0.5) is 0 Å². The van der Waals surface area contributed by atoms with Gasteiger partial charge in [0.15, 0.2) is 11.7 Å². The fraction of sp³-hybridized carbons (Fsp3) is 0.600. The van der Waals surface area contributed by atoms with Gasteiger partial charge >= 0.3 is 0 Å². The molecule has 3 rings (SSSR count). The molecule has 1 aromatic heterocycles. The molecule has 1 saturated heterocycles. The van der Waals surface area contributed by atoms with Crippen molar-refractivity contribution in [1.29, 1.82) is 0 Å². The molecule has 0 amide bonds. The molecule has 0 spiro atoms. The zero-order valence-electron chi connectivity index (χ0n) is 20.0. The van der Waals surface area contributed by atoms with Crippen molar-refractivity contribution in [2.24, 2.45) is 4.99 Å². The third-order valence-electron chi connectivity index (χ3n) is 6.42. The van der Waals surface area contributed by atoms with Crippen molar-refractivity contribution in [3.8, 4) is 0 Å². The predicted molar refractivity (Wildman–Crippen MR) is 143 cm³/mol. The van der Waals surface area contributed by atoms with Crippen LogP contribution in [0.25, 0.3) is 0 Å². The number of likely N-dealkylation sites (tertiary alicyclic amines) is 1. The highest BCUT2D eigenvalue weighted by Crippen LogP contribution is 2.24. The van der Waals surface area contributed by atoms with Crippen LogP contribution in [0.15, 0.2) is 45.9 Å². The number of piperidine rings is 1. The molecule has 0 saturated carbocycles. The Labute approximate surface area is 210 Å². The molecule has 178 valence electrons. The molecule has 0 bridgehead atoms. The number of halogens is 1. The Morgan fingerprint density at radius 2 is 1.84 bits per heavy atom. The molecule has 2 heterocycles. The Morgan fingerprint density at radius 3 is 2.47 bits per heavy atom. The molecular formula is C25H40IN5O. The summed E-state index contributed by atoms with van der Waals surface area (Å²) in [5.74, 6) is 2.15. The van der Waals surface area contributed by atoms with E-state index in [0.29, 0.717) is 24.5 Å². The van der Waals surface area contributed by atoms with Crippen LogP contribution in [-0.2, 0) is 6.54 Å². The summed E-state index contributed by atoms with van der Waals surface area (Å²) >= 11 is 0. The molecular weight excluding hydrogens is 513 g/mol. The lowest BCUT2D eigenvalue weighted by Crippen LogP contribution is -2.49. The van der Waals surface area contributed by atoms with E-state index in [-0.39, 0.29) is 24.0 Å². The quantitative estimate of drug-likeness (QED) is 0.245. The van der Waals surface area contributed by atoms with E-state index in [1.54, 1.807) is 0 Å². The van der Waals surface area contributed by atoms with Crippen LogP contribution in [0.5, 0.6) is 0 Å². The number of aliphatic imine (C=N–C) groups is 1. The molecule has 7 heteroatoms. The molecule has 1 aromatic carbocycles. The standard InChI is InChI=1S/C25H39N5O.HI/c1-5-20(6-2)24-17-23(31-29-24)18-27-25(26-7-3)28-22-13-15-30(16-14-22)19(4)21-11-9-8-10-12-21;/h8-12,17,19-20,22H,5-7,13-16,18H2,1-4H3,(H2,26,27,28);1H. The van der Waals surface area contributed by atoms with E-state index in [4.69, 9.17) is 9.52 Å². The van der Waals surface area contributed by atoms with Crippen LogP contribution >= 0.6 is 24.0 Å². The summed E-state index contributed by atoms with van der Waals surface area (Å²) < 4.78 is 5.53. The van der Waals surface area contributed by atoms with Gasteiger partial charge in [-0.1, -0.05) is 49.3 Å². The molecule has 0 radical (unpaired) electrons. The lowest BCUT2D eigenvalue weighted by molar-refractivity contribution is 0.158. The fourth-order valence-electron chi connectivity index (χ4n) is 4.35. The lowest BCUT2D eigenvalue weighted by atomic mass is 9.99. The molecule has 1 atom stereocenters. The molecule has 1 aliphatic rings. The smallest absolute Gasteiger partial charge is 0.191 e. The van der Waals surface area contributed by atoms with Gasteiger partial charge in [-0.25, -0.2) is 4.99 Å². The van der Waals surface area contributed by atoms with Crippen molar-refractivity contribution in [2.75, 3.05) is 19.6 Å². The van der Waals surface area contributed by atoms with E-state index in [2.05, 4.69) is 84.8 Å². The minimum atomic E-state index is 0. The topological polar surface area (TPSA) is 65.7 Å². The SMILES string of the molecule is CCNC(=NCc1cc(C(CC)CC)no1)NC1CCN(C(C)c2ccccc2)CC1.I. The van der Waals surface area contributed by atoms with Gasteiger partial charge in [0.25, 0.3) is 0 Å². The monoisotopic (exact) mass is 553 g/mol. The molecule has 2 aromatic rings. The van der Waals surface area contributed by atoms with Crippen molar-refractivity contribution in [1.82, 2.24) is 20.7 Å². The highest BCUT2D eigenvalue weighted by molar-refractivity contribution is 14.0. The van der Waals surface area contributed by atoms with E-state index < -0.39 is 0 Å². The van der Waals surface area contributed by atoms with Gasteiger partial charge in [0.2, 0.25) is 0 Å². The summed E-state index contributed by atoms with van der Waals surface area (Å²) in [4.78, 5) is 7.33. The Morgan fingerprint density at radius 1 is 1.16 bits per heavy atom. The van der Waals surface area contributed by atoms with Gasteiger partial charge in [0.1, 0.15) is 6.54 Å². The average molecular weight is 554 g/mol. The number of guanidine groups is 1. The summed E-state index contributed by atoms with van der Waals surface area (Å²) in [6.45, 7) is 12.3. The lowest BCUT2D eigenvalue weighted by Gasteiger charge is -2.37. The fourth-order valence-corrected chi connectivity index (χ4v) is 4.35. The molecule has 1 fully saturated rings. The van der Waals surface area contributed by atoms with E-state index in [1.807, 2.05) is 0 Å². The number of nitrogens with zero attached hydrogens (tertiary/aromatic N) is 3. The van der Waals surface area contributed by atoms with Gasteiger partial charge in [-0.2, -0.15) is 0 Å². The van der Waals surface area contributed by atoms with Crippen LogP contribution < -0.4 is 10.6 Å². The van der Waals surface area contributed by atoms with Gasteiger partial charge in [-0.05, 0) is 45.1 Å². The molecule has 1 unspecified atom stereocenters. The van der Waals surface area contributed by atoms with Crippen molar-refractivity contribution >= 4 is 29.9 Å². The van der Waals surface area contributed by atoms with Gasteiger partial charge in [-0.3, -0.25) is 4.90 Å². The van der Waals surface area contributed by atoms with E-state index >= 15 is 0 Å². The summed E-state index contributed by atoms with van der Waals surface area (Å²) in [5, 5.41) is 11.3. The Kier molecular flexibility index (Phi) is 11.5. The molecule has 0 aliphatic carbocycles. The van der Waals surface area contributed by atoms with E-state index in [9.17, 15) is 0 Å². The Bertz CT molecular complexity index is 798. The minimum Gasteiger partial charge on any atom is -0.359 e. The number of hydrogen-bond acceptors (Lipinski definition) is 4. The third kappa shape index (κ3) is 7.47. The maximum atomic E-state index is 5.53. The van der Waals surface area contributed by atoms with Crippen LogP contribution in [0.1, 0.15) is 82.4 Å². The molecule has 2 N–H and O–H groups in total. The number of benzene rings is 1. The van der Waals surface area contributed by atoms with Crippen molar-refractivity contribution in [2.45, 2.75) is 77.9 Å². The van der Waals surface area contributed by atoms with Gasteiger partial charge in [-0.15, -0.1) is 24.0 Å². The second-order valence-electron chi connectivity index (χ2n) is 8.47. The highest BCUT2D eigenvalue weighted by Gasteiger charge is 2.24. The molecule has 32 heavy (non-hydrogen) atoms. The normalized spacial score (nSPS) is 16.6. The first-order valence-corrected chi connectivity index (χ1v) is 11.9. The maximum Gasteiger partial charge on any atom is 0.191 e. The second-order valence-corrected chi connectivity index (χ2v) is 8.47. The second kappa shape index (κ2) is 13.8. The number of rotatable bonds is 9. The number of nitrogens with one attached hydrogen (secondary N) is 2. The van der Waals surface area contributed by atoms with Crippen LogP contribution in [0.2, 0.25) is 0 Å². The van der Waals surface area contributed by atoms with E-state index in [0.717, 1.165) is 62.7 Å². The zero-order chi connectivity index (χ0) is 22.1. The highest BCUT2D eigenvalue weighted by atomic mass is 127. The molecule has 6 nitrogen and oxygen atoms in total. The van der Waals surface area contributed by atoms with Crippen LogP contribution in [-0.4, -0.2) is 41.7 Å². The first-order valence-electron chi connectivity index (χ1n) is 11.9. The summed E-state index contributed by atoms with van der Waals surface area (Å²) in [5.41, 5.74) is 2.44. The van der Waals surface area contributed by atoms with Crippen molar-refractivity contribution < 1.29 is 4.52 Å². The van der Waals surface area contributed by atoms with Gasteiger partial charge in [0.05, 0.1) is 5.69 Å². The van der Waals surface area contributed by atoms with Gasteiger partial charge < -0.3 is 15.2 Å².